The van der Waals surface area contributed by atoms with Crippen molar-refractivity contribution in [2.75, 3.05) is 4.90 Å². The van der Waals surface area contributed by atoms with Crippen LogP contribution in [0, 0.1) is 0 Å². The summed E-state index contributed by atoms with van der Waals surface area (Å²) in [4.78, 5) is 35.8. The van der Waals surface area contributed by atoms with Crippen LogP contribution in [-0.4, -0.2) is 35.3 Å². The van der Waals surface area contributed by atoms with Crippen LogP contribution in [0.4, 0.5) is 5.69 Å². The van der Waals surface area contributed by atoms with Crippen molar-refractivity contribution in [1.29, 1.82) is 0 Å². The Morgan fingerprint density at radius 3 is 2.16 bits per heavy atom. The standard InChI is InChI=1S/C33H24N2O3/c36-30(24-15-6-2-7-16-24)29-28(23-13-4-1-5-14-23)33(27-21-20-22-12-10-11-19-26(22)35(27)29)32(37)38-31(34-33)25-17-8-3-9-18-25/h1-21,27-29H/t27-,28-,29-,33-/m0/s1. The van der Waals surface area contributed by atoms with Gasteiger partial charge >= 0.3 is 5.97 Å². The normalized spacial score (nSPS) is 25.1. The predicted octanol–water partition coefficient (Wildman–Crippen LogP) is 5.68. The summed E-state index contributed by atoms with van der Waals surface area (Å²) in [7, 11) is 0. The molecule has 4 aromatic carbocycles. The Morgan fingerprint density at radius 2 is 1.42 bits per heavy atom. The summed E-state index contributed by atoms with van der Waals surface area (Å²) >= 11 is 0. The fourth-order valence-electron chi connectivity index (χ4n) is 6.21. The molecule has 1 spiro atoms. The number of anilines is 1. The highest BCUT2D eigenvalue weighted by atomic mass is 16.6. The van der Waals surface area contributed by atoms with Gasteiger partial charge in [-0.1, -0.05) is 109 Å². The molecule has 7 rings (SSSR count). The largest absolute Gasteiger partial charge is 0.405 e. The van der Waals surface area contributed by atoms with E-state index in [1.165, 1.54) is 0 Å². The number of esters is 1. The van der Waals surface area contributed by atoms with Gasteiger partial charge < -0.3 is 9.64 Å². The molecule has 0 amide bonds. The van der Waals surface area contributed by atoms with E-state index in [0.717, 1.165) is 22.4 Å². The van der Waals surface area contributed by atoms with Crippen molar-refractivity contribution in [2.24, 2.45) is 4.99 Å². The van der Waals surface area contributed by atoms with Crippen molar-refractivity contribution in [3.05, 3.63) is 144 Å². The zero-order chi connectivity index (χ0) is 25.7. The molecule has 3 heterocycles. The fraction of sp³-hybridized carbons (Fsp3) is 0.121. The minimum absolute atomic E-state index is 0.0532. The van der Waals surface area contributed by atoms with Gasteiger partial charge in [0.25, 0.3) is 0 Å². The summed E-state index contributed by atoms with van der Waals surface area (Å²) in [6.07, 6.45) is 4.04. The Kier molecular flexibility index (Phi) is 5.11. The van der Waals surface area contributed by atoms with E-state index >= 15 is 0 Å². The number of rotatable bonds is 4. The molecule has 4 atom stereocenters. The number of benzene rings is 4. The Labute approximate surface area is 220 Å². The van der Waals surface area contributed by atoms with E-state index in [2.05, 4.69) is 4.90 Å². The number of cyclic esters (lactones) is 1. The third-order valence-corrected chi connectivity index (χ3v) is 7.82. The first-order valence-electron chi connectivity index (χ1n) is 12.8. The van der Waals surface area contributed by atoms with E-state index in [1.807, 2.05) is 127 Å². The molecule has 0 aromatic heterocycles. The predicted molar refractivity (Wildman–Crippen MR) is 147 cm³/mol. The topological polar surface area (TPSA) is 59.0 Å². The van der Waals surface area contributed by atoms with Gasteiger partial charge in [-0.15, -0.1) is 0 Å². The van der Waals surface area contributed by atoms with E-state index in [-0.39, 0.29) is 11.7 Å². The molecule has 4 aromatic rings. The zero-order valence-corrected chi connectivity index (χ0v) is 20.5. The van der Waals surface area contributed by atoms with E-state index < -0.39 is 29.5 Å². The number of carbonyl (C=O) groups excluding carboxylic acids is 2. The third-order valence-electron chi connectivity index (χ3n) is 7.82. The van der Waals surface area contributed by atoms with Crippen LogP contribution < -0.4 is 4.90 Å². The first-order valence-corrected chi connectivity index (χ1v) is 12.8. The lowest BCUT2D eigenvalue weighted by molar-refractivity contribution is -0.139. The molecule has 184 valence electrons. The summed E-state index contributed by atoms with van der Waals surface area (Å²) in [6.45, 7) is 0. The van der Waals surface area contributed by atoms with Gasteiger partial charge in [0.15, 0.2) is 11.3 Å². The molecule has 0 aliphatic carbocycles. The van der Waals surface area contributed by atoms with Gasteiger partial charge in [0.1, 0.15) is 6.04 Å². The van der Waals surface area contributed by atoms with Crippen molar-refractivity contribution < 1.29 is 14.3 Å². The van der Waals surface area contributed by atoms with Crippen LogP contribution in [0.2, 0.25) is 0 Å². The van der Waals surface area contributed by atoms with E-state index in [4.69, 9.17) is 9.73 Å². The molecule has 1 fully saturated rings. The fourth-order valence-corrected chi connectivity index (χ4v) is 6.21. The third kappa shape index (κ3) is 3.21. The summed E-state index contributed by atoms with van der Waals surface area (Å²) < 4.78 is 5.95. The smallest absolute Gasteiger partial charge is 0.344 e. The lowest BCUT2D eigenvalue weighted by Crippen LogP contribution is -2.49. The van der Waals surface area contributed by atoms with E-state index in [9.17, 15) is 9.59 Å². The maximum absolute atomic E-state index is 14.4. The summed E-state index contributed by atoms with van der Waals surface area (Å²) in [5.74, 6) is -0.780. The highest BCUT2D eigenvalue weighted by Crippen LogP contribution is 2.55. The summed E-state index contributed by atoms with van der Waals surface area (Å²) in [5, 5.41) is 0. The maximum Gasteiger partial charge on any atom is 0.344 e. The van der Waals surface area contributed by atoms with Gasteiger partial charge in [-0.25, -0.2) is 9.79 Å². The van der Waals surface area contributed by atoms with Gasteiger partial charge in [-0.3, -0.25) is 4.79 Å². The molecule has 5 heteroatoms. The van der Waals surface area contributed by atoms with Gasteiger partial charge in [-0.05, 0) is 29.3 Å². The Balaban J connectivity index is 1.51. The molecule has 38 heavy (non-hydrogen) atoms. The molecule has 0 N–H and O–H groups in total. The second-order valence-electron chi connectivity index (χ2n) is 9.83. The number of ketones is 1. The lowest BCUT2D eigenvalue weighted by Gasteiger charge is -2.35. The molecular weight excluding hydrogens is 472 g/mol. The number of ether oxygens (including phenoxy) is 1. The van der Waals surface area contributed by atoms with Gasteiger partial charge in [-0.2, -0.15) is 0 Å². The van der Waals surface area contributed by atoms with Crippen LogP contribution in [0.5, 0.6) is 0 Å². The highest BCUT2D eigenvalue weighted by Gasteiger charge is 2.69. The number of fused-ring (bicyclic) bond motifs is 4. The number of nitrogens with zero attached hydrogens (tertiary/aromatic N) is 2. The number of hydrogen-bond acceptors (Lipinski definition) is 5. The van der Waals surface area contributed by atoms with Crippen LogP contribution in [0.15, 0.2) is 126 Å². The molecule has 5 nitrogen and oxygen atoms in total. The van der Waals surface area contributed by atoms with Crippen molar-refractivity contribution in [1.82, 2.24) is 0 Å². The monoisotopic (exact) mass is 496 g/mol. The zero-order valence-electron chi connectivity index (χ0n) is 20.5. The van der Waals surface area contributed by atoms with Crippen LogP contribution in [-0.2, 0) is 9.53 Å². The molecule has 0 bridgehead atoms. The van der Waals surface area contributed by atoms with Crippen molar-refractivity contribution in [3.63, 3.8) is 0 Å². The highest BCUT2D eigenvalue weighted by molar-refractivity contribution is 6.12. The maximum atomic E-state index is 14.4. The van der Waals surface area contributed by atoms with Gasteiger partial charge in [0, 0.05) is 16.8 Å². The van der Waals surface area contributed by atoms with Crippen LogP contribution in [0.3, 0.4) is 0 Å². The first kappa shape index (κ1) is 22.4. The van der Waals surface area contributed by atoms with Crippen molar-refractivity contribution >= 4 is 29.4 Å². The van der Waals surface area contributed by atoms with Gasteiger partial charge in [0.05, 0.1) is 12.0 Å². The van der Waals surface area contributed by atoms with E-state index in [1.54, 1.807) is 0 Å². The Bertz CT molecular complexity index is 1600. The Hall–Kier alpha value is -4.77. The minimum atomic E-state index is -1.34. The number of carbonyl (C=O) groups is 2. The SMILES string of the molecule is O=C(c1ccccc1)[C@@H]1[C@H](c2ccccc2)[C@@]2(N=C(c3ccccc3)OC2=O)[C@@H]2C=Cc3ccccc3N12. The average molecular weight is 497 g/mol. The first-order chi connectivity index (χ1) is 18.7. The molecule has 1 saturated heterocycles. The van der Waals surface area contributed by atoms with Gasteiger partial charge in [0.2, 0.25) is 5.90 Å². The van der Waals surface area contributed by atoms with Crippen LogP contribution >= 0.6 is 0 Å². The second kappa shape index (κ2) is 8.67. The lowest BCUT2D eigenvalue weighted by atomic mass is 9.74. The minimum Gasteiger partial charge on any atom is -0.405 e. The van der Waals surface area contributed by atoms with E-state index in [0.29, 0.717) is 5.56 Å². The quantitative estimate of drug-likeness (QED) is 0.269. The molecule has 0 radical (unpaired) electrons. The molecule has 3 aliphatic heterocycles. The number of para-hydroxylation sites is 1. The molecule has 0 saturated carbocycles. The average Bonchev–Trinajstić information content (AvgIpc) is 3.49. The Morgan fingerprint density at radius 1 is 0.789 bits per heavy atom. The molecular formula is C33H24N2O3. The van der Waals surface area contributed by atoms with Crippen molar-refractivity contribution in [3.8, 4) is 0 Å². The van der Waals surface area contributed by atoms with Crippen molar-refractivity contribution in [2.45, 2.75) is 23.5 Å². The summed E-state index contributed by atoms with van der Waals surface area (Å²) in [5.41, 5.74) is 2.76. The van der Waals surface area contributed by atoms with Crippen LogP contribution in [0.25, 0.3) is 6.08 Å². The second-order valence-corrected chi connectivity index (χ2v) is 9.83. The molecule has 0 unspecified atom stereocenters. The summed E-state index contributed by atoms with van der Waals surface area (Å²) in [6, 6.07) is 35.4. The number of aliphatic imine (C=N–C) groups is 1. The number of hydrogen-bond donors (Lipinski definition) is 0. The number of Topliss-reactive ketones (excluding diaryl/α,β-unsaturated/α-hetero) is 1. The molecule has 3 aliphatic rings. The van der Waals surface area contributed by atoms with Crippen LogP contribution in [0.1, 0.15) is 33.0 Å².